The fourth-order valence-corrected chi connectivity index (χ4v) is 3.80. The summed E-state index contributed by atoms with van der Waals surface area (Å²) >= 11 is 0. The summed E-state index contributed by atoms with van der Waals surface area (Å²) in [6, 6.07) is 3.79. The Kier molecular flexibility index (Phi) is 5.55. The first kappa shape index (κ1) is 18.5. The fourth-order valence-electron chi connectivity index (χ4n) is 3.80. The molecule has 1 aliphatic heterocycles. The van der Waals surface area contributed by atoms with E-state index in [4.69, 9.17) is 4.42 Å². The van der Waals surface area contributed by atoms with Crippen LogP contribution in [0, 0.1) is 0 Å². The van der Waals surface area contributed by atoms with E-state index in [1.165, 1.54) is 31.7 Å². The van der Waals surface area contributed by atoms with Crippen LogP contribution >= 0.6 is 0 Å². The molecule has 8 heteroatoms. The van der Waals surface area contributed by atoms with E-state index in [9.17, 15) is 9.59 Å². The molecule has 0 radical (unpaired) electrons. The lowest BCUT2D eigenvalue weighted by molar-refractivity contribution is 0.0515. The van der Waals surface area contributed by atoms with Crippen molar-refractivity contribution in [2.75, 3.05) is 31.5 Å². The summed E-state index contributed by atoms with van der Waals surface area (Å²) in [5, 5.41) is 3.41. The summed E-state index contributed by atoms with van der Waals surface area (Å²) < 4.78 is 5.16. The van der Waals surface area contributed by atoms with Crippen LogP contribution in [0.15, 0.2) is 35.2 Å². The van der Waals surface area contributed by atoms with Gasteiger partial charge < -0.3 is 19.5 Å². The first-order valence-electron chi connectivity index (χ1n) is 9.91. The van der Waals surface area contributed by atoms with Crippen LogP contribution < -0.4 is 5.32 Å². The van der Waals surface area contributed by atoms with E-state index in [0.717, 1.165) is 18.7 Å². The van der Waals surface area contributed by atoms with Crippen molar-refractivity contribution in [3.05, 3.63) is 42.2 Å². The van der Waals surface area contributed by atoms with Crippen molar-refractivity contribution in [1.29, 1.82) is 0 Å². The minimum absolute atomic E-state index is 0.143. The minimum atomic E-state index is -0.151. The number of hydrogen-bond acceptors (Lipinski definition) is 6. The quantitative estimate of drug-likeness (QED) is 0.872. The highest BCUT2D eigenvalue weighted by Gasteiger charge is 2.27. The fraction of sp³-hybridized carbons (Fsp3) is 0.500. The number of piperazine rings is 1. The van der Waals surface area contributed by atoms with E-state index < -0.39 is 0 Å². The van der Waals surface area contributed by atoms with Gasteiger partial charge in [0.05, 0.1) is 18.7 Å². The van der Waals surface area contributed by atoms with E-state index >= 15 is 0 Å². The molecule has 2 aliphatic rings. The molecular formula is C20H25N5O3. The number of anilines is 1. The van der Waals surface area contributed by atoms with Gasteiger partial charge in [-0.25, -0.2) is 9.97 Å². The SMILES string of the molecule is O=C(c1cnc(NC2CCCCC2)cn1)N1CCN(C(=O)c2ccco2)CC1. The molecule has 1 saturated heterocycles. The normalized spacial score (nSPS) is 18.1. The smallest absolute Gasteiger partial charge is 0.289 e. The van der Waals surface area contributed by atoms with Crippen LogP contribution in [0.1, 0.15) is 53.1 Å². The van der Waals surface area contributed by atoms with Crippen molar-refractivity contribution in [2.45, 2.75) is 38.1 Å². The predicted molar refractivity (Wildman–Crippen MR) is 103 cm³/mol. The Balaban J connectivity index is 1.30. The molecule has 0 unspecified atom stereocenters. The highest BCUT2D eigenvalue weighted by Crippen LogP contribution is 2.20. The lowest BCUT2D eigenvalue weighted by Crippen LogP contribution is -2.50. The maximum Gasteiger partial charge on any atom is 0.289 e. The first-order valence-corrected chi connectivity index (χ1v) is 9.91. The van der Waals surface area contributed by atoms with E-state index in [1.807, 2.05) is 0 Å². The van der Waals surface area contributed by atoms with E-state index in [-0.39, 0.29) is 11.8 Å². The minimum Gasteiger partial charge on any atom is -0.459 e. The number of nitrogens with one attached hydrogen (secondary N) is 1. The third kappa shape index (κ3) is 4.16. The van der Waals surface area contributed by atoms with Gasteiger partial charge in [-0.2, -0.15) is 0 Å². The van der Waals surface area contributed by atoms with Gasteiger partial charge in [0.25, 0.3) is 11.8 Å². The number of carbonyl (C=O) groups excluding carboxylic acids is 2. The molecule has 2 aromatic rings. The van der Waals surface area contributed by atoms with Crippen molar-refractivity contribution in [3.8, 4) is 0 Å². The second-order valence-electron chi connectivity index (χ2n) is 7.33. The first-order chi connectivity index (χ1) is 13.7. The molecule has 3 heterocycles. The Hall–Kier alpha value is -2.90. The average Bonchev–Trinajstić information content (AvgIpc) is 3.29. The van der Waals surface area contributed by atoms with Gasteiger partial charge in [0.1, 0.15) is 11.5 Å². The molecule has 4 rings (SSSR count). The van der Waals surface area contributed by atoms with E-state index in [2.05, 4.69) is 15.3 Å². The summed E-state index contributed by atoms with van der Waals surface area (Å²) in [5.41, 5.74) is 0.333. The van der Waals surface area contributed by atoms with Crippen molar-refractivity contribution in [3.63, 3.8) is 0 Å². The highest BCUT2D eigenvalue weighted by atomic mass is 16.3. The molecule has 28 heavy (non-hydrogen) atoms. The van der Waals surface area contributed by atoms with Crippen LogP contribution in [0.3, 0.4) is 0 Å². The molecule has 0 aromatic carbocycles. The summed E-state index contributed by atoms with van der Waals surface area (Å²) in [7, 11) is 0. The van der Waals surface area contributed by atoms with E-state index in [0.29, 0.717) is 43.7 Å². The second kappa shape index (κ2) is 8.41. The monoisotopic (exact) mass is 383 g/mol. The van der Waals surface area contributed by atoms with Gasteiger partial charge in [-0.15, -0.1) is 0 Å². The summed E-state index contributed by atoms with van der Waals surface area (Å²) in [6.07, 6.45) is 10.8. The summed E-state index contributed by atoms with van der Waals surface area (Å²) in [4.78, 5) is 37.1. The Bertz CT molecular complexity index is 792. The van der Waals surface area contributed by atoms with Crippen LogP contribution in [-0.2, 0) is 0 Å². The number of rotatable bonds is 4. The molecule has 8 nitrogen and oxygen atoms in total. The average molecular weight is 383 g/mol. The van der Waals surface area contributed by atoms with Crippen molar-refractivity contribution < 1.29 is 14.0 Å². The third-order valence-corrected chi connectivity index (χ3v) is 5.41. The van der Waals surface area contributed by atoms with Crippen molar-refractivity contribution >= 4 is 17.6 Å². The molecule has 0 atom stereocenters. The molecule has 2 fully saturated rings. The van der Waals surface area contributed by atoms with Gasteiger partial charge in [-0.3, -0.25) is 9.59 Å². The van der Waals surface area contributed by atoms with Gasteiger partial charge in [0.2, 0.25) is 0 Å². The third-order valence-electron chi connectivity index (χ3n) is 5.41. The van der Waals surface area contributed by atoms with Gasteiger partial charge in [0, 0.05) is 32.2 Å². The zero-order chi connectivity index (χ0) is 19.3. The standard InChI is InChI=1S/C20H25N5O3/c26-19(16-13-22-18(14-21-16)23-15-5-2-1-3-6-15)24-8-10-25(11-9-24)20(27)17-7-4-12-28-17/h4,7,12-15H,1-3,5-6,8-11H2,(H,22,23). The van der Waals surface area contributed by atoms with Gasteiger partial charge >= 0.3 is 0 Å². The van der Waals surface area contributed by atoms with Crippen LogP contribution in [0.5, 0.6) is 0 Å². The maximum atomic E-state index is 12.7. The van der Waals surface area contributed by atoms with Crippen LogP contribution in [0.2, 0.25) is 0 Å². The molecule has 0 spiro atoms. The molecule has 1 aliphatic carbocycles. The number of aromatic nitrogens is 2. The predicted octanol–water partition coefficient (Wildman–Crippen LogP) is 2.41. The molecule has 2 aromatic heterocycles. The summed E-state index contributed by atoms with van der Waals surface area (Å²) in [6.45, 7) is 1.88. The number of hydrogen-bond donors (Lipinski definition) is 1. The Morgan fingerprint density at radius 1 is 0.964 bits per heavy atom. The van der Waals surface area contributed by atoms with Crippen LogP contribution in [0.4, 0.5) is 5.82 Å². The molecule has 1 N–H and O–H groups in total. The Morgan fingerprint density at radius 3 is 2.29 bits per heavy atom. The molecule has 148 valence electrons. The number of amides is 2. The number of nitrogens with zero attached hydrogens (tertiary/aromatic N) is 4. The zero-order valence-corrected chi connectivity index (χ0v) is 15.8. The lowest BCUT2D eigenvalue weighted by atomic mass is 9.96. The van der Waals surface area contributed by atoms with Crippen LogP contribution in [0.25, 0.3) is 0 Å². The number of carbonyl (C=O) groups is 2. The van der Waals surface area contributed by atoms with Crippen molar-refractivity contribution in [2.24, 2.45) is 0 Å². The molecular weight excluding hydrogens is 358 g/mol. The highest BCUT2D eigenvalue weighted by molar-refractivity contribution is 5.93. The van der Waals surface area contributed by atoms with Crippen LogP contribution in [-0.4, -0.2) is 63.8 Å². The Morgan fingerprint density at radius 2 is 1.68 bits per heavy atom. The topological polar surface area (TPSA) is 91.6 Å². The molecule has 2 amide bonds. The van der Waals surface area contributed by atoms with E-state index in [1.54, 1.807) is 28.1 Å². The summed E-state index contributed by atoms with van der Waals surface area (Å²) in [5.74, 6) is 0.751. The molecule has 0 bridgehead atoms. The molecule has 1 saturated carbocycles. The second-order valence-corrected chi connectivity index (χ2v) is 7.33. The zero-order valence-electron chi connectivity index (χ0n) is 15.8. The number of furan rings is 1. The maximum absolute atomic E-state index is 12.7. The Labute approximate surface area is 163 Å². The van der Waals surface area contributed by atoms with Gasteiger partial charge in [0.15, 0.2) is 5.76 Å². The van der Waals surface area contributed by atoms with Gasteiger partial charge in [-0.1, -0.05) is 19.3 Å². The van der Waals surface area contributed by atoms with Crippen molar-refractivity contribution in [1.82, 2.24) is 19.8 Å². The largest absolute Gasteiger partial charge is 0.459 e. The van der Waals surface area contributed by atoms with Gasteiger partial charge in [-0.05, 0) is 25.0 Å². The lowest BCUT2D eigenvalue weighted by Gasteiger charge is -2.34.